The summed E-state index contributed by atoms with van der Waals surface area (Å²) in [7, 11) is 0. The molecular weight excluding hydrogens is 252 g/mol. The lowest BCUT2D eigenvalue weighted by Gasteiger charge is -2.14. The average Bonchev–Trinajstić information content (AvgIpc) is 2.39. The number of carboxylic acids is 1. The van der Waals surface area contributed by atoms with Crippen molar-refractivity contribution in [2.45, 2.75) is 27.4 Å². The molecule has 0 saturated carbocycles. The third kappa shape index (κ3) is 2.82. The molecule has 1 N–H and O–H groups in total. The van der Waals surface area contributed by atoms with E-state index in [9.17, 15) is 9.90 Å². The molecule has 0 unspecified atom stereocenters. The first-order valence-electron chi connectivity index (χ1n) is 6.51. The summed E-state index contributed by atoms with van der Waals surface area (Å²) < 4.78 is 5.80. The van der Waals surface area contributed by atoms with Crippen molar-refractivity contribution in [2.75, 3.05) is 0 Å². The molecule has 0 radical (unpaired) electrons. The Labute approximate surface area is 118 Å². The zero-order chi connectivity index (χ0) is 14.7. The summed E-state index contributed by atoms with van der Waals surface area (Å²) in [4.78, 5) is 11.2. The molecule has 3 heteroatoms. The van der Waals surface area contributed by atoms with Crippen LogP contribution in [0.25, 0.3) is 0 Å². The number of ether oxygens (including phenoxy) is 1. The number of aromatic carboxylic acids is 1. The van der Waals surface area contributed by atoms with Crippen LogP contribution in [0.15, 0.2) is 36.4 Å². The fourth-order valence-corrected chi connectivity index (χ4v) is 2.23. The largest absolute Gasteiger partial charge is 0.488 e. The second-order valence-corrected chi connectivity index (χ2v) is 4.92. The Morgan fingerprint density at radius 2 is 1.55 bits per heavy atom. The molecule has 2 aromatic carbocycles. The third-order valence-corrected chi connectivity index (χ3v) is 3.45. The molecule has 0 aliphatic carbocycles. The number of rotatable bonds is 4. The van der Waals surface area contributed by atoms with Gasteiger partial charge in [-0.15, -0.1) is 0 Å². The van der Waals surface area contributed by atoms with Gasteiger partial charge in [-0.05, 0) is 49.1 Å². The fourth-order valence-electron chi connectivity index (χ4n) is 2.23. The topological polar surface area (TPSA) is 46.5 Å². The number of para-hydroxylation sites is 1. The van der Waals surface area contributed by atoms with E-state index >= 15 is 0 Å². The van der Waals surface area contributed by atoms with Crippen LogP contribution in [0.3, 0.4) is 0 Å². The second kappa shape index (κ2) is 5.78. The van der Waals surface area contributed by atoms with Crippen LogP contribution < -0.4 is 4.74 Å². The molecule has 2 aromatic rings. The minimum atomic E-state index is -0.967. The third-order valence-electron chi connectivity index (χ3n) is 3.45. The molecule has 0 aromatic heterocycles. The maximum atomic E-state index is 11.2. The first-order chi connectivity index (χ1) is 9.50. The Kier molecular flexibility index (Phi) is 4.08. The Morgan fingerprint density at radius 3 is 2.15 bits per heavy atom. The highest BCUT2D eigenvalue weighted by atomic mass is 16.5. The minimum Gasteiger partial charge on any atom is -0.488 e. The Morgan fingerprint density at radius 1 is 1.00 bits per heavy atom. The molecule has 2 rings (SSSR count). The van der Waals surface area contributed by atoms with Crippen LogP contribution in [0.1, 0.15) is 32.6 Å². The monoisotopic (exact) mass is 270 g/mol. The summed E-state index contributed by atoms with van der Waals surface area (Å²) in [6, 6.07) is 11.2. The van der Waals surface area contributed by atoms with Crippen molar-refractivity contribution in [2.24, 2.45) is 0 Å². The highest BCUT2D eigenvalue weighted by molar-refractivity contribution is 5.91. The van der Waals surface area contributed by atoms with Gasteiger partial charge in [0.25, 0.3) is 0 Å². The molecule has 0 aliphatic heterocycles. The predicted molar refractivity (Wildman–Crippen MR) is 78.4 cm³/mol. The van der Waals surface area contributed by atoms with Gasteiger partial charge in [0.1, 0.15) is 17.9 Å². The number of aryl methyl sites for hydroxylation is 3. The molecule has 0 fully saturated rings. The summed E-state index contributed by atoms with van der Waals surface area (Å²) in [5.41, 5.74) is 4.44. The lowest BCUT2D eigenvalue weighted by molar-refractivity contribution is 0.0691. The van der Waals surface area contributed by atoms with Crippen molar-refractivity contribution in [3.05, 3.63) is 64.2 Å². The average molecular weight is 270 g/mol. The van der Waals surface area contributed by atoms with Crippen molar-refractivity contribution in [1.29, 1.82) is 0 Å². The standard InChI is InChI=1S/C17H18O3/c1-11-6-4-7-12(2)15(11)10-20-16-13(3)8-5-9-14(16)17(18)19/h4-9H,10H2,1-3H3,(H,18,19). The van der Waals surface area contributed by atoms with E-state index < -0.39 is 5.97 Å². The van der Waals surface area contributed by atoms with Gasteiger partial charge in [-0.2, -0.15) is 0 Å². The van der Waals surface area contributed by atoms with Crippen LogP contribution in [-0.4, -0.2) is 11.1 Å². The van der Waals surface area contributed by atoms with E-state index in [0.717, 1.165) is 22.3 Å². The summed E-state index contributed by atoms with van der Waals surface area (Å²) in [5.74, 6) is -0.521. The number of hydrogen-bond donors (Lipinski definition) is 1. The Balaban J connectivity index is 2.30. The summed E-state index contributed by atoms with van der Waals surface area (Å²) >= 11 is 0. The van der Waals surface area contributed by atoms with Crippen molar-refractivity contribution in [3.63, 3.8) is 0 Å². The normalized spacial score (nSPS) is 10.3. The molecule has 3 nitrogen and oxygen atoms in total. The van der Waals surface area contributed by atoms with Crippen LogP contribution >= 0.6 is 0 Å². The molecule has 0 aliphatic rings. The summed E-state index contributed by atoms with van der Waals surface area (Å²) in [5, 5.41) is 9.22. The molecule has 0 spiro atoms. The maximum Gasteiger partial charge on any atom is 0.339 e. The smallest absolute Gasteiger partial charge is 0.339 e. The molecule has 0 atom stereocenters. The van der Waals surface area contributed by atoms with E-state index in [0.29, 0.717) is 12.4 Å². The van der Waals surface area contributed by atoms with Gasteiger partial charge < -0.3 is 9.84 Å². The molecule has 0 amide bonds. The Hall–Kier alpha value is -2.29. The van der Waals surface area contributed by atoms with E-state index in [4.69, 9.17) is 4.74 Å². The molecule has 0 bridgehead atoms. The van der Waals surface area contributed by atoms with E-state index in [2.05, 4.69) is 0 Å². The van der Waals surface area contributed by atoms with Crippen LogP contribution in [0.2, 0.25) is 0 Å². The van der Waals surface area contributed by atoms with Gasteiger partial charge in [0.05, 0.1) is 0 Å². The van der Waals surface area contributed by atoms with Gasteiger partial charge in [-0.25, -0.2) is 4.79 Å². The van der Waals surface area contributed by atoms with E-state index in [1.807, 2.05) is 45.0 Å². The predicted octanol–water partition coefficient (Wildman–Crippen LogP) is 3.89. The van der Waals surface area contributed by atoms with Crippen molar-refractivity contribution in [1.82, 2.24) is 0 Å². The van der Waals surface area contributed by atoms with E-state index in [-0.39, 0.29) is 5.56 Å². The zero-order valence-corrected chi connectivity index (χ0v) is 11.9. The zero-order valence-electron chi connectivity index (χ0n) is 11.9. The van der Waals surface area contributed by atoms with Gasteiger partial charge in [-0.1, -0.05) is 30.3 Å². The van der Waals surface area contributed by atoms with Crippen molar-refractivity contribution in [3.8, 4) is 5.75 Å². The first kappa shape index (κ1) is 14.1. The lowest BCUT2D eigenvalue weighted by Crippen LogP contribution is -2.06. The van der Waals surface area contributed by atoms with Crippen LogP contribution in [0, 0.1) is 20.8 Å². The van der Waals surface area contributed by atoms with Crippen LogP contribution in [0.5, 0.6) is 5.75 Å². The minimum absolute atomic E-state index is 0.205. The quantitative estimate of drug-likeness (QED) is 0.916. The highest BCUT2D eigenvalue weighted by Gasteiger charge is 2.14. The van der Waals surface area contributed by atoms with Crippen LogP contribution in [0.4, 0.5) is 0 Å². The molecule has 104 valence electrons. The van der Waals surface area contributed by atoms with Gasteiger partial charge in [0.2, 0.25) is 0 Å². The number of hydrogen-bond acceptors (Lipinski definition) is 2. The molecule has 0 saturated heterocycles. The summed E-state index contributed by atoms with van der Waals surface area (Å²) in [6.07, 6.45) is 0. The van der Waals surface area contributed by atoms with E-state index in [1.165, 1.54) is 0 Å². The number of benzene rings is 2. The van der Waals surface area contributed by atoms with Gasteiger partial charge in [0.15, 0.2) is 0 Å². The van der Waals surface area contributed by atoms with E-state index in [1.54, 1.807) is 12.1 Å². The number of carbonyl (C=O) groups is 1. The lowest BCUT2D eigenvalue weighted by atomic mass is 10.0. The fraction of sp³-hybridized carbons (Fsp3) is 0.235. The van der Waals surface area contributed by atoms with Gasteiger partial charge in [-0.3, -0.25) is 0 Å². The van der Waals surface area contributed by atoms with Gasteiger partial charge >= 0.3 is 5.97 Å². The highest BCUT2D eigenvalue weighted by Crippen LogP contribution is 2.25. The molecule has 20 heavy (non-hydrogen) atoms. The van der Waals surface area contributed by atoms with Gasteiger partial charge in [0, 0.05) is 0 Å². The van der Waals surface area contributed by atoms with Crippen LogP contribution in [-0.2, 0) is 6.61 Å². The SMILES string of the molecule is Cc1cccc(C)c1COc1c(C)cccc1C(=O)O. The van der Waals surface area contributed by atoms with Crippen molar-refractivity contribution < 1.29 is 14.6 Å². The molecule has 0 heterocycles. The van der Waals surface area contributed by atoms with Crippen molar-refractivity contribution >= 4 is 5.97 Å². The molecular formula is C17H18O3. The number of carboxylic acid groups (broad SMARTS) is 1. The maximum absolute atomic E-state index is 11.2. The first-order valence-corrected chi connectivity index (χ1v) is 6.51. The summed E-state index contributed by atoms with van der Waals surface area (Å²) in [6.45, 7) is 6.29. The Bertz CT molecular complexity index is 624. The second-order valence-electron chi connectivity index (χ2n) is 4.92.